The number of ether oxygens (including phenoxy) is 1. The second-order valence-electron chi connectivity index (χ2n) is 11.2. The molecule has 238 valence electrons. The molecule has 7 nitrogen and oxygen atoms in total. The standard InChI is InChI=1S/C17H31NO5.C16H34O/c1-2-3-4-5-6-7-8-9-10-11-16(21)23-17(22)14(18)12-13-15(19)20;1-2-3-4-5-6-7-8-9-10-11-12-13-14-15-16-17/h14H,2-13,18H2,1H3,(H,19,20);17H,2-16H2,1H3. The van der Waals surface area contributed by atoms with Crippen molar-refractivity contribution in [3.05, 3.63) is 0 Å². The predicted molar refractivity (Wildman–Crippen MR) is 165 cm³/mol. The molecule has 0 aliphatic rings. The van der Waals surface area contributed by atoms with E-state index in [1.54, 1.807) is 0 Å². The van der Waals surface area contributed by atoms with Gasteiger partial charge in [-0.25, -0.2) is 4.79 Å². The third kappa shape index (κ3) is 34.6. The Bertz CT molecular complexity index is 555. The number of aliphatic hydroxyl groups is 1. The van der Waals surface area contributed by atoms with E-state index in [-0.39, 0.29) is 19.3 Å². The lowest BCUT2D eigenvalue weighted by atomic mass is 10.0. The van der Waals surface area contributed by atoms with Crippen LogP contribution in [0, 0.1) is 0 Å². The summed E-state index contributed by atoms with van der Waals surface area (Å²) in [5.74, 6) is -2.45. The number of rotatable bonds is 28. The van der Waals surface area contributed by atoms with Crippen LogP contribution in [-0.2, 0) is 19.1 Å². The van der Waals surface area contributed by atoms with Crippen LogP contribution in [0.25, 0.3) is 0 Å². The van der Waals surface area contributed by atoms with E-state index in [1.165, 1.54) is 122 Å². The van der Waals surface area contributed by atoms with Crippen molar-refractivity contribution < 1.29 is 29.3 Å². The summed E-state index contributed by atoms with van der Waals surface area (Å²) < 4.78 is 4.62. The number of nitrogens with two attached hydrogens (primary N) is 1. The first-order valence-corrected chi connectivity index (χ1v) is 16.7. The van der Waals surface area contributed by atoms with Crippen molar-refractivity contribution in [2.24, 2.45) is 5.73 Å². The molecule has 1 atom stereocenters. The highest BCUT2D eigenvalue weighted by molar-refractivity contribution is 5.88. The zero-order chi connectivity index (χ0) is 30.1. The first-order chi connectivity index (χ1) is 19.4. The second kappa shape index (κ2) is 33.7. The molecule has 0 rings (SSSR count). The number of carbonyl (C=O) groups is 3. The third-order valence-corrected chi connectivity index (χ3v) is 7.18. The van der Waals surface area contributed by atoms with Crippen LogP contribution < -0.4 is 5.73 Å². The van der Waals surface area contributed by atoms with Gasteiger partial charge in [-0.05, 0) is 19.3 Å². The molecule has 0 radical (unpaired) electrons. The SMILES string of the molecule is CCCCCCCCCCCC(=O)OC(=O)C(N)CCC(=O)O.CCCCCCCCCCCCCCCCO. The minimum atomic E-state index is -1.06. The lowest BCUT2D eigenvalue weighted by Crippen LogP contribution is -2.34. The van der Waals surface area contributed by atoms with E-state index in [2.05, 4.69) is 18.6 Å². The smallest absolute Gasteiger partial charge is 0.330 e. The Balaban J connectivity index is 0. The Morgan fingerprint density at radius 2 is 0.925 bits per heavy atom. The molecule has 40 heavy (non-hydrogen) atoms. The molecule has 0 heterocycles. The second-order valence-corrected chi connectivity index (χ2v) is 11.2. The fourth-order valence-electron chi connectivity index (χ4n) is 4.52. The van der Waals surface area contributed by atoms with Gasteiger partial charge in [0.1, 0.15) is 6.04 Å². The first kappa shape index (κ1) is 40.7. The largest absolute Gasteiger partial charge is 0.481 e. The molecule has 0 aromatic rings. The molecule has 0 aromatic heterocycles. The van der Waals surface area contributed by atoms with Gasteiger partial charge >= 0.3 is 17.9 Å². The van der Waals surface area contributed by atoms with Crippen molar-refractivity contribution in [2.45, 2.75) is 187 Å². The van der Waals surface area contributed by atoms with E-state index < -0.39 is 23.9 Å². The molecule has 0 aromatic carbocycles. The normalized spacial score (nSPS) is 11.5. The van der Waals surface area contributed by atoms with Gasteiger partial charge in [0.05, 0.1) is 0 Å². The van der Waals surface area contributed by atoms with E-state index >= 15 is 0 Å². The van der Waals surface area contributed by atoms with Crippen molar-refractivity contribution in [1.82, 2.24) is 0 Å². The van der Waals surface area contributed by atoms with Crippen LogP contribution in [0.2, 0.25) is 0 Å². The zero-order valence-corrected chi connectivity index (χ0v) is 26.3. The maximum atomic E-state index is 11.5. The average Bonchev–Trinajstić information content (AvgIpc) is 2.93. The Morgan fingerprint density at radius 1 is 0.575 bits per heavy atom. The van der Waals surface area contributed by atoms with Crippen LogP contribution in [0.1, 0.15) is 181 Å². The molecule has 7 heteroatoms. The molecule has 0 fully saturated rings. The summed E-state index contributed by atoms with van der Waals surface area (Å²) >= 11 is 0. The number of carboxylic acid groups (broad SMARTS) is 1. The average molecular weight is 572 g/mol. The minimum absolute atomic E-state index is 0.0283. The van der Waals surface area contributed by atoms with Gasteiger partial charge in [-0.2, -0.15) is 0 Å². The molecule has 0 saturated heterocycles. The van der Waals surface area contributed by atoms with Crippen LogP contribution in [0.15, 0.2) is 0 Å². The monoisotopic (exact) mass is 571 g/mol. The van der Waals surface area contributed by atoms with Gasteiger partial charge in [0.25, 0.3) is 0 Å². The molecular weight excluding hydrogens is 506 g/mol. The van der Waals surface area contributed by atoms with Crippen molar-refractivity contribution in [3.8, 4) is 0 Å². The molecule has 4 N–H and O–H groups in total. The van der Waals surface area contributed by atoms with E-state index in [4.69, 9.17) is 15.9 Å². The lowest BCUT2D eigenvalue weighted by molar-refractivity contribution is -0.160. The van der Waals surface area contributed by atoms with E-state index in [0.717, 1.165) is 19.3 Å². The number of esters is 2. The van der Waals surface area contributed by atoms with Crippen LogP contribution >= 0.6 is 0 Å². The van der Waals surface area contributed by atoms with Gasteiger partial charge in [-0.1, -0.05) is 149 Å². The fourth-order valence-corrected chi connectivity index (χ4v) is 4.52. The summed E-state index contributed by atoms with van der Waals surface area (Å²) in [5, 5.41) is 17.1. The molecule has 0 bridgehead atoms. The van der Waals surface area contributed by atoms with Gasteiger partial charge in [-0.15, -0.1) is 0 Å². The zero-order valence-electron chi connectivity index (χ0n) is 26.3. The van der Waals surface area contributed by atoms with Crippen LogP contribution in [-0.4, -0.2) is 40.8 Å². The van der Waals surface area contributed by atoms with Crippen LogP contribution in [0.5, 0.6) is 0 Å². The molecule has 0 spiro atoms. The highest BCUT2D eigenvalue weighted by atomic mass is 16.6. The Kier molecular flexibility index (Phi) is 34.3. The summed E-state index contributed by atoms with van der Waals surface area (Å²) in [6, 6.07) is -1.06. The van der Waals surface area contributed by atoms with Gasteiger partial charge in [0, 0.05) is 19.4 Å². The number of aliphatic hydroxyl groups excluding tert-OH is 1. The van der Waals surface area contributed by atoms with E-state index in [1.807, 2.05) is 0 Å². The number of aliphatic carboxylic acids is 1. The first-order valence-electron chi connectivity index (χ1n) is 16.7. The number of unbranched alkanes of at least 4 members (excludes halogenated alkanes) is 21. The van der Waals surface area contributed by atoms with Gasteiger partial charge in [0.2, 0.25) is 0 Å². The van der Waals surface area contributed by atoms with Crippen LogP contribution in [0.3, 0.4) is 0 Å². The lowest BCUT2D eigenvalue weighted by Gasteiger charge is -2.09. The molecule has 1 unspecified atom stereocenters. The molecule has 0 aliphatic carbocycles. The summed E-state index contributed by atoms with van der Waals surface area (Å²) in [7, 11) is 0. The highest BCUT2D eigenvalue weighted by Crippen LogP contribution is 2.13. The van der Waals surface area contributed by atoms with Crippen molar-refractivity contribution in [1.29, 1.82) is 0 Å². The molecule has 0 aliphatic heterocycles. The maximum Gasteiger partial charge on any atom is 0.330 e. The Morgan fingerprint density at radius 3 is 1.27 bits per heavy atom. The molecule has 0 amide bonds. The number of hydrogen-bond donors (Lipinski definition) is 3. The molecule has 0 saturated carbocycles. The Hall–Kier alpha value is -1.47. The van der Waals surface area contributed by atoms with Crippen molar-refractivity contribution >= 4 is 17.9 Å². The number of carbonyl (C=O) groups excluding carboxylic acids is 2. The summed E-state index contributed by atoms with van der Waals surface area (Å²) in [6.07, 6.45) is 29.4. The maximum absolute atomic E-state index is 11.5. The van der Waals surface area contributed by atoms with Gasteiger partial charge in [0.15, 0.2) is 0 Å². The Labute approximate surface area is 246 Å². The van der Waals surface area contributed by atoms with Gasteiger partial charge < -0.3 is 20.7 Å². The molecular formula is C33H65NO6. The summed E-state index contributed by atoms with van der Waals surface area (Å²) in [5.41, 5.74) is 5.47. The van der Waals surface area contributed by atoms with E-state index in [0.29, 0.717) is 13.0 Å². The number of hydrogen-bond acceptors (Lipinski definition) is 6. The summed E-state index contributed by atoms with van der Waals surface area (Å²) in [4.78, 5) is 33.3. The highest BCUT2D eigenvalue weighted by Gasteiger charge is 2.19. The fraction of sp³-hybridized carbons (Fsp3) is 0.909. The van der Waals surface area contributed by atoms with Crippen molar-refractivity contribution in [2.75, 3.05) is 6.61 Å². The third-order valence-electron chi connectivity index (χ3n) is 7.18. The minimum Gasteiger partial charge on any atom is -0.481 e. The topological polar surface area (TPSA) is 127 Å². The van der Waals surface area contributed by atoms with E-state index in [9.17, 15) is 14.4 Å². The van der Waals surface area contributed by atoms with Crippen LogP contribution in [0.4, 0.5) is 0 Å². The number of carboxylic acids is 1. The van der Waals surface area contributed by atoms with Crippen molar-refractivity contribution in [3.63, 3.8) is 0 Å². The van der Waals surface area contributed by atoms with Gasteiger partial charge in [-0.3, -0.25) is 9.59 Å². The summed E-state index contributed by atoms with van der Waals surface area (Å²) in [6.45, 7) is 4.85. The quantitative estimate of drug-likeness (QED) is 0.0487. The predicted octanol–water partition coefficient (Wildman–Crippen LogP) is 8.63.